The summed E-state index contributed by atoms with van der Waals surface area (Å²) in [4.78, 5) is 5.92. The van der Waals surface area contributed by atoms with Gasteiger partial charge in [0.05, 0.1) is 13.1 Å². The Morgan fingerprint density at radius 1 is 1.30 bits per heavy atom. The van der Waals surface area contributed by atoms with Gasteiger partial charge in [0, 0.05) is 17.5 Å². The molecule has 0 bridgehead atoms. The van der Waals surface area contributed by atoms with Crippen LogP contribution in [0.3, 0.4) is 0 Å². The number of aliphatic imine (C=N–C) groups is 1. The number of aromatic nitrogens is 1. The van der Waals surface area contributed by atoms with Gasteiger partial charge >= 0.3 is 0 Å². The number of aryl methyl sites for hydroxylation is 1. The minimum absolute atomic E-state index is 0. The molecule has 0 aliphatic carbocycles. The summed E-state index contributed by atoms with van der Waals surface area (Å²) < 4.78 is 4.82. The molecule has 1 aromatic carbocycles. The van der Waals surface area contributed by atoms with E-state index in [1.54, 1.807) is 18.0 Å². The summed E-state index contributed by atoms with van der Waals surface area (Å²) in [5, 5.41) is 10.4. The van der Waals surface area contributed by atoms with E-state index in [9.17, 15) is 0 Å². The number of nitrogens with zero attached hydrogens (tertiary/aromatic N) is 2. The zero-order valence-electron chi connectivity index (χ0n) is 13.6. The van der Waals surface area contributed by atoms with Crippen LogP contribution in [0.1, 0.15) is 23.7 Å². The summed E-state index contributed by atoms with van der Waals surface area (Å²) in [5.74, 6) is 0.776. The molecule has 0 spiro atoms. The van der Waals surface area contributed by atoms with Gasteiger partial charge in [0.1, 0.15) is 12.0 Å². The van der Waals surface area contributed by atoms with Crippen molar-refractivity contribution in [3.8, 4) is 0 Å². The molecule has 0 atom stereocenters. The van der Waals surface area contributed by atoms with Gasteiger partial charge in [0.15, 0.2) is 5.96 Å². The van der Waals surface area contributed by atoms with Gasteiger partial charge in [-0.3, -0.25) is 0 Å². The van der Waals surface area contributed by atoms with Gasteiger partial charge in [-0.25, -0.2) is 4.99 Å². The van der Waals surface area contributed by atoms with Crippen molar-refractivity contribution in [2.45, 2.75) is 31.8 Å². The maximum atomic E-state index is 4.82. The molecule has 23 heavy (non-hydrogen) atoms. The van der Waals surface area contributed by atoms with E-state index in [4.69, 9.17) is 4.52 Å². The molecule has 0 fully saturated rings. The molecule has 126 valence electrons. The quantitative estimate of drug-likeness (QED) is 0.308. The molecule has 0 radical (unpaired) electrons. The zero-order chi connectivity index (χ0) is 15.8. The summed E-state index contributed by atoms with van der Waals surface area (Å²) in [6, 6.07) is 8.31. The molecule has 2 N–H and O–H groups in total. The van der Waals surface area contributed by atoms with Crippen molar-refractivity contribution >= 4 is 41.7 Å². The van der Waals surface area contributed by atoms with Gasteiger partial charge in [0.2, 0.25) is 0 Å². The molecule has 0 saturated carbocycles. The first-order valence-corrected chi connectivity index (χ1v) is 8.50. The van der Waals surface area contributed by atoms with E-state index in [1.807, 2.05) is 13.0 Å². The van der Waals surface area contributed by atoms with Crippen LogP contribution in [0.5, 0.6) is 0 Å². The average molecular weight is 446 g/mol. The van der Waals surface area contributed by atoms with Crippen LogP contribution in [0.25, 0.3) is 0 Å². The smallest absolute Gasteiger partial charge is 0.191 e. The van der Waals surface area contributed by atoms with Crippen molar-refractivity contribution in [1.29, 1.82) is 0 Å². The molecule has 1 heterocycles. The van der Waals surface area contributed by atoms with Crippen molar-refractivity contribution < 1.29 is 4.52 Å². The van der Waals surface area contributed by atoms with Gasteiger partial charge in [-0.2, -0.15) is 0 Å². The summed E-state index contributed by atoms with van der Waals surface area (Å²) in [5.41, 5.74) is 3.36. The first-order valence-electron chi connectivity index (χ1n) is 7.28. The normalized spacial score (nSPS) is 11.0. The fraction of sp³-hybridized carbons (Fsp3) is 0.375. The fourth-order valence-corrected chi connectivity index (χ4v) is 2.69. The number of hydrogen-bond acceptors (Lipinski definition) is 4. The van der Waals surface area contributed by atoms with Crippen molar-refractivity contribution in [3.63, 3.8) is 0 Å². The van der Waals surface area contributed by atoms with Crippen LogP contribution >= 0.6 is 35.7 Å². The van der Waals surface area contributed by atoms with Crippen LogP contribution in [-0.2, 0) is 13.1 Å². The zero-order valence-corrected chi connectivity index (χ0v) is 16.8. The summed E-state index contributed by atoms with van der Waals surface area (Å²) in [6.45, 7) is 6.20. The summed E-state index contributed by atoms with van der Waals surface area (Å²) >= 11 is 1.75. The highest BCUT2D eigenvalue weighted by Gasteiger charge is 2.04. The topological polar surface area (TPSA) is 62.5 Å². The SMILES string of the molecule is CCNC(=NCc1ccc(C)cc1SC)NCc1ccon1.I. The first-order chi connectivity index (χ1) is 10.7. The predicted molar refractivity (Wildman–Crippen MR) is 107 cm³/mol. The fourth-order valence-electron chi connectivity index (χ4n) is 1.99. The molecule has 0 aliphatic rings. The molecular weight excluding hydrogens is 423 g/mol. The van der Waals surface area contributed by atoms with E-state index < -0.39 is 0 Å². The van der Waals surface area contributed by atoms with E-state index in [-0.39, 0.29) is 24.0 Å². The lowest BCUT2D eigenvalue weighted by atomic mass is 10.1. The van der Waals surface area contributed by atoms with Gasteiger partial charge < -0.3 is 15.2 Å². The van der Waals surface area contributed by atoms with E-state index in [1.165, 1.54) is 16.0 Å². The van der Waals surface area contributed by atoms with E-state index >= 15 is 0 Å². The highest BCUT2D eigenvalue weighted by Crippen LogP contribution is 2.22. The highest BCUT2D eigenvalue weighted by molar-refractivity contribution is 14.0. The van der Waals surface area contributed by atoms with Gasteiger partial charge in [0.25, 0.3) is 0 Å². The third-order valence-corrected chi connectivity index (χ3v) is 3.94. The maximum Gasteiger partial charge on any atom is 0.191 e. The molecule has 1 aromatic heterocycles. The van der Waals surface area contributed by atoms with Gasteiger partial charge in [-0.15, -0.1) is 35.7 Å². The predicted octanol–water partition coefficient (Wildman–Crippen LogP) is 3.58. The Balaban J connectivity index is 0.00000264. The van der Waals surface area contributed by atoms with Crippen LogP contribution in [0.2, 0.25) is 0 Å². The number of hydrogen-bond donors (Lipinski definition) is 2. The second kappa shape index (κ2) is 10.5. The lowest BCUT2D eigenvalue weighted by Crippen LogP contribution is -2.36. The van der Waals surface area contributed by atoms with E-state index in [0.29, 0.717) is 13.1 Å². The number of benzene rings is 1. The Kier molecular flexibility index (Phi) is 9.08. The Morgan fingerprint density at radius 2 is 2.13 bits per heavy atom. The monoisotopic (exact) mass is 446 g/mol. The third-order valence-electron chi connectivity index (χ3n) is 3.12. The number of guanidine groups is 1. The second-order valence-electron chi connectivity index (χ2n) is 4.85. The van der Waals surface area contributed by atoms with Crippen LogP contribution in [0.4, 0.5) is 0 Å². The molecule has 0 aliphatic heterocycles. The molecule has 0 unspecified atom stereocenters. The Morgan fingerprint density at radius 3 is 2.78 bits per heavy atom. The van der Waals surface area contributed by atoms with Crippen molar-refractivity contribution in [1.82, 2.24) is 15.8 Å². The van der Waals surface area contributed by atoms with Gasteiger partial charge in [-0.05, 0) is 37.3 Å². The van der Waals surface area contributed by atoms with Crippen molar-refractivity contribution in [2.24, 2.45) is 4.99 Å². The van der Waals surface area contributed by atoms with Crippen LogP contribution < -0.4 is 10.6 Å². The van der Waals surface area contributed by atoms with E-state index in [0.717, 1.165) is 18.2 Å². The van der Waals surface area contributed by atoms with Crippen molar-refractivity contribution in [2.75, 3.05) is 12.8 Å². The van der Waals surface area contributed by atoms with E-state index in [2.05, 4.69) is 52.2 Å². The lowest BCUT2D eigenvalue weighted by molar-refractivity contribution is 0.410. The summed E-state index contributed by atoms with van der Waals surface area (Å²) in [7, 11) is 0. The highest BCUT2D eigenvalue weighted by atomic mass is 127. The third kappa shape index (κ3) is 6.42. The van der Waals surface area contributed by atoms with Crippen molar-refractivity contribution in [3.05, 3.63) is 47.3 Å². The Hall–Kier alpha value is -1.22. The van der Waals surface area contributed by atoms with Crippen LogP contribution in [-0.4, -0.2) is 23.9 Å². The molecular formula is C16H23IN4OS. The standard InChI is InChI=1S/C16H22N4OS.HI/c1-4-17-16(19-11-14-7-8-21-20-14)18-10-13-6-5-12(2)9-15(13)22-3;/h5-9H,4,10-11H2,1-3H3,(H2,17,18,19);1H. The largest absolute Gasteiger partial charge is 0.364 e. The molecule has 0 saturated heterocycles. The van der Waals surface area contributed by atoms with Gasteiger partial charge in [-0.1, -0.05) is 17.3 Å². The molecule has 5 nitrogen and oxygen atoms in total. The molecule has 7 heteroatoms. The lowest BCUT2D eigenvalue weighted by Gasteiger charge is -2.11. The van der Waals surface area contributed by atoms with Crippen LogP contribution in [0.15, 0.2) is 44.9 Å². The number of rotatable bonds is 6. The maximum absolute atomic E-state index is 4.82. The minimum atomic E-state index is 0. The molecule has 2 aromatic rings. The Labute approximate surface area is 158 Å². The number of thioether (sulfide) groups is 1. The molecule has 2 rings (SSSR count). The van der Waals surface area contributed by atoms with Crippen LogP contribution in [0, 0.1) is 6.92 Å². The average Bonchev–Trinajstić information content (AvgIpc) is 3.04. The minimum Gasteiger partial charge on any atom is -0.364 e. The number of halogens is 1. The first kappa shape index (κ1) is 19.8. The number of nitrogens with one attached hydrogen (secondary N) is 2. The second-order valence-corrected chi connectivity index (χ2v) is 5.70. The summed E-state index contributed by atoms with van der Waals surface area (Å²) in [6.07, 6.45) is 3.66. The Bertz CT molecular complexity index is 617. The molecule has 0 amide bonds.